The molecule has 0 saturated carbocycles. The highest BCUT2D eigenvalue weighted by molar-refractivity contribution is 5.96. The van der Waals surface area contributed by atoms with Crippen LogP contribution in [0, 0.1) is 6.92 Å². The monoisotopic (exact) mass is 384 g/mol. The Kier molecular flexibility index (Phi) is 5.19. The lowest BCUT2D eigenvalue weighted by molar-refractivity contribution is 0.0573. The van der Waals surface area contributed by atoms with E-state index in [1.165, 1.54) is 0 Å². The van der Waals surface area contributed by atoms with Gasteiger partial charge in [0.25, 0.3) is 5.91 Å². The predicted octanol–water partition coefficient (Wildman–Crippen LogP) is 2.19. The van der Waals surface area contributed by atoms with Crippen molar-refractivity contribution in [1.29, 1.82) is 0 Å². The first kappa shape index (κ1) is 18.7. The number of hydrogen-bond donors (Lipinski definition) is 0. The molecule has 0 spiro atoms. The Morgan fingerprint density at radius 1 is 1.14 bits per heavy atom. The molecule has 4 rings (SSSR count). The molecule has 2 saturated heterocycles. The van der Waals surface area contributed by atoms with Gasteiger partial charge in [0.05, 0.1) is 19.2 Å². The Balaban J connectivity index is 1.62. The van der Waals surface area contributed by atoms with E-state index in [2.05, 4.69) is 20.0 Å². The largest absolute Gasteiger partial charge is 0.479 e. The molecular weight excluding hydrogens is 356 g/mol. The first-order valence-corrected chi connectivity index (χ1v) is 10.0. The molecule has 2 aliphatic heterocycles. The summed E-state index contributed by atoms with van der Waals surface area (Å²) in [6, 6.07) is 2.49. The van der Waals surface area contributed by atoms with Gasteiger partial charge in [-0.15, -0.1) is 5.10 Å². The lowest BCUT2D eigenvalue weighted by Gasteiger charge is -2.42. The van der Waals surface area contributed by atoms with E-state index in [0.29, 0.717) is 11.4 Å². The third kappa shape index (κ3) is 3.43. The van der Waals surface area contributed by atoms with Crippen molar-refractivity contribution in [3.63, 3.8) is 0 Å². The van der Waals surface area contributed by atoms with Crippen molar-refractivity contribution in [3.05, 3.63) is 29.8 Å². The molecule has 2 atom stereocenters. The van der Waals surface area contributed by atoms with Crippen LogP contribution in [0.25, 0.3) is 0 Å². The molecule has 1 amide bonds. The smallest absolute Gasteiger partial charge is 0.261 e. The highest BCUT2D eigenvalue weighted by atomic mass is 16.5. The summed E-state index contributed by atoms with van der Waals surface area (Å²) in [5.74, 6) is 1.37. The van der Waals surface area contributed by atoms with Crippen LogP contribution < -0.4 is 9.64 Å². The van der Waals surface area contributed by atoms with E-state index < -0.39 is 0 Å². The molecular formula is C20H28N6O2. The molecule has 2 fully saturated rings. The summed E-state index contributed by atoms with van der Waals surface area (Å²) in [5.41, 5.74) is 1.51. The number of aryl methyl sites for hydroxylation is 2. The molecule has 150 valence electrons. The first-order chi connectivity index (χ1) is 13.6. The van der Waals surface area contributed by atoms with Crippen LogP contribution in [0.15, 0.2) is 18.6 Å². The van der Waals surface area contributed by atoms with Gasteiger partial charge in [-0.1, -0.05) is 0 Å². The summed E-state index contributed by atoms with van der Waals surface area (Å²) in [6.07, 6.45) is 8.76. The van der Waals surface area contributed by atoms with E-state index in [0.717, 1.165) is 56.7 Å². The molecule has 2 unspecified atom stereocenters. The minimum atomic E-state index is 0.0142. The van der Waals surface area contributed by atoms with Gasteiger partial charge in [-0.2, -0.15) is 0 Å². The van der Waals surface area contributed by atoms with Gasteiger partial charge in [-0.25, -0.2) is 9.97 Å². The quantitative estimate of drug-likeness (QED) is 0.804. The predicted molar refractivity (Wildman–Crippen MR) is 106 cm³/mol. The van der Waals surface area contributed by atoms with Crippen LogP contribution in [0.2, 0.25) is 0 Å². The minimum absolute atomic E-state index is 0.0142. The number of carbonyl (C=O) groups is 1. The van der Waals surface area contributed by atoms with E-state index >= 15 is 0 Å². The van der Waals surface area contributed by atoms with Crippen molar-refractivity contribution in [2.75, 3.05) is 25.1 Å². The number of amides is 1. The van der Waals surface area contributed by atoms with E-state index in [1.54, 1.807) is 24.3 Å². The Bertz CT molecular complexity index is 851. The number of rotatable bonds is 4. The number of ether oxygens (including phenoxy) is 1. The summed E-state index contributed by atoms with van der Waals surface area (Å²) >= 11 is 0. The minimum Gasteiger partial charge on any atom is -0.479 e. The van der Waals surface area contributed by atoms with E-state index in [-0.39, 0.29) is 18.0 Å². The standard InChI is InChI=1S/C20H28N6O2/c1-14-11-18(22-13-21-14)25-10-6-8-16(25)17-7-4-5-9-26(17)20(27)15-12-24(2)23-19(15)28-3/h11-13,16-17H,4-10H2,1-3H3. The zero-order valence-corrected chi connectivity index (χ0v) is 16.8. The van der Waals surface area contributed by atoms with Crippen molar-refractivity contribution in [2.24, 2.45) is 7.05 Å². The Morgan fingerprint density at radius 2 is 1.96 bits per heavy atom. The van der Waals surface area contributed by atoms with Crippen molar-refractivity contribution < 1.29 is 9.53 Å². The number of hydrogen-bond acceptors (Lipinski definition) is 6. The van der Waals surface area contributed by atoms with E-state index in [4.69, 9.17) is 4.74 Å². The number of likely N-dealkylation sites (tertiary alicyclic amines) is 1. The summed E-state index contributed by atoms with van der Waals surface area (Å²) in [5, 5.41) is 4.26. The fourth-order valence-corrected chi connectivity index (χ4v) is 4.60. The number of carbonyl (C=O) groups excluding carboxylic acids is 1. The highest BCUT2D eigenvalue weighted by Gasteiger charge is 2.40. The molecule has 0 aliphatic carbocycles. The molecule has 2 aliphatic rings. The number of methoxy groups -OCH3 is 1. The average Bonchev–Trinajstić information content (AvgIpc) is 3.34. The van der Waals surface area contributed by atoms with Crippen LogP contribution >= 0.6 is 0 Å². The fraction of sp³-hybridized carbons (Fsp3) is 0.600. The maximum atomic E-state index is 13.4. The maximum absolute atomic E-state index is 13.4. The Morgan fingerprint density at radius 3 is 2.75 bits per heavy atom. The third-order valence-corrected chi connectivity index (χ3v) is 5.86. The Labute approximate surface area is 165 Å². The maximum Gasteiger partial charge on any atom is 0.261 e. The van der Waals surface area contributed by atoms with E-state index in [1.807, 2.05) is 24.9 Å². The second-order valence-corrected chi connectivity index (χ2v) is 7.71. The molecule has 2 aromatic rings. The second kappa shape index (κ2) is 7.77. The van der Waals surface area contributed by atoms with Crippen molar-refractivity contribution in [3.8, 4) is 5.88 Å². The second-order valence-electron chi connectivity index (χ2n) is 7.71. The number of aromatic nitrogens is 4. The lowest BCUT2D eigenvalue weighted by Crippen LogP contribution is -2.54. The van der Waals surface area contributed by atoms with Crippen molar-refractivity contribution in [2.45, 2.75) is 51.1 Å². The molecule has 8 nitrogen and oxygen atoms in total. The van der Waals surface area contributed by atoms with Gasteiger partial charge < -0.3 is 14.5 Å². The van der Waals surface area contributed by atoms with Gasteiger partial charge in [0, 0.05) is 38.1 Å². The molecule has 4 heterocycles. The molecule has 8 heteroatoms. The fourth-order valence-electron chi connectivity index (χ4n) is 4.60. The van der Waals surface area contributed by atoms with Gasteiger partial charge in [-0.3, -0.25) is 9.48 Å². The normalized spacial score (nSPS) is 22.5. The Hall–Kier alpha value is -2.64. The molecule has 0 N–H and O–H groups in total. The summed E-state index contributed by atoms with van der Waals surface area (Å²) in [6.45, 7) is 3.73. The van der Waals surface area contributed by atoms with Crippen LogP contribution in [-0.4, -0.2) is 62.8 Å². The summed E-state index contributed by atoms with van der Waals surface area (Å²) in [4.78, 5) is 26.5. The summed E-state index contributed by atoms with van der Waals surface area (Å²) in [7, 11) is 3.37. The van der Waals surface area contributed by atoms with Crippen LogP contribution in [0.5, 0.6) is 5.88 Å². The van der Waals surface area contributed by atoms with Crippen molar-refractivity contribution in [1.82, 2.24) is 24.6 Å². The van der Waals surface area contributed by atoms with Gasteiger partial charge in [-0.05, 0) is 39.0 Å². The lowest BCUT2D eigenvalue weighted by atomic mass is 9.93. The zero-order chi connectivity index (χ0) is 19.7. The number of anilines is 1. The zero-order valence-electron chi connectivity index (χ0n) is 16.8. The van der Waals surface area contributed by atoms with Crippen LogP contribution in [-0.2, 0) is 7.05 Å². The summed E-state index contributed by atoms with van der Waals surface area (Å²) < 4.78 is 6.97. The van der Waals surface area contributed by atoms with Crippen LogP contribution in [0.3, 0.4) is 0 Å². The number of nitrogens with zero attached hydrogens (tertiary/aromatic N) is 6. The molecule has 28 heavy (non-hydrogen) atoms. The van der Waals surface area contributed by atoms with Gasteiger partial charge in [0.1, 0.15) is 17.7 Å². The van der Waals surface area contributed by atoms with E-state index in [9.17, 15) is 4.79 Å². The molecule has 0 bridgehead atoms. The van der Waals surface area contributed by atoms with Crippen LogP contribution in [0.4, 0.5) is 5.82 Å². The van der Waals surface area contributed by atoms with Crippen molar-refractivity contribution >= 4 is 11.7 Å². The topological polar surface area (TPSA) is 76.4 Å². The SMILES string of the molecule is COc1nn(C)cc1C(=O)N1CCCCC1C1CCCN1c1cc(C)ncn1. The third-order valence-electron chi connectivity index (χ3n) is 5.86. The van der Waals surface area contributed by atoms with Gasteiger partial charge >= 0.3 is 0 Å². The molecule has 2 aromatic heterocycles. The van der Waals surface area contributed by atoms with Crippen LogP contribution in [0.1, 0.15) is 48.2 Å². The highest BCUT2D eigenvalue weighted by Crippen LogP contribution is 2.33. The van der Waals surface area contributed by atoms with Gasteiger partial charge in [0.15, 0.2) is 0 Å². The van der Waals surface area contributed by atoms with Gasteiger partial charge in [0.2, 0.25) is 5.88 Å². The molecule has 0 aromatic carbocycles. The first-order valence-electron chi connectivity index (χ1n) is 10.0. The number of piperidine rings is 1. The average molecular weight is 384 g/mol. The molecule has 0 radical (unpaired) electrons.